The molecule has 1 saturated heterocycles. The van der Waals surface area contributed by atoms with E-state index in [9.17, 15) is 4.39 Å². The first-order valence-corrected chi connectivity index (χ1v) is 10.1. The number of nitrogens with zero attached hydrogens (tertiary/aromatic N) is 5. The van der Waals surface area contributed by atoms with Gasteiger partial charge in [0.25, 0.3) is 0 Å². The smallest absolute Gasteiger partial charge is 0.326 e. The van der Waals surface area contributed by atoms with Crippen LogP contribution in [0, 0.1) is 17.7 Å². The number of nitrogens with two attached hydrogens (primary N) is 1. The second-order valence-electron chi connectivity index (χ2n) is 8.01. The molecular weight excluding hydrogens is 385 g/mol. The summed E-state index contributed by atoms with van der Waals surface area (Å²) in [6.45, 7) is 3.66. The van der Waals surface area contributed by atoms with Gasteiger partial charge in [0, 0.05) is 24.5 Å². The molecule has 152 valence electrons. The molecule has 3 N–H and O–H groups in total. The summed E-state index contributed by atoms with van der Waals surface area (Å²) >= 11 is 0. The lowest BCUT2D eigenvalue weighted by Gasteiger charge is -2.21. The minimum Gasteiger partial charge on any atom is -0.421 e. The highest BCUT2D eigenvalue weighted by atomic mass is 19.1. The zero-order valence-corrected chi connectivity index (χ0v) is 16.3. The van der Waals surface area contributed by atoms with Crippen LogP contribution in [0.15, 0.2) is 30.9 Å². The molecule has 9 heteroatoms. The molecule has 0 radical (unpaired) electrons. The van der Waals surface area contributed by atoms with Gasteiger partial charge in [-0.15, -0.1) is 0 Å². The Morgan fingerprint density at radius 1 is 1.20 bits per heavy atom. The molecule has 4 aromatic rings. The number of fused-ring (bicyclic) bond motifs is 4. The Labute approximate surface area is 171 Å². The van der Waals surface area contributed by atoms with Crippen molar-refractivity contribution in [3.8, 4) is 11.8 Å². The van der Waals surface area contributed by atoms with Crippen molar-refractivity contribution in [2.45, 2.75) is 19.4 Å². The van der Waals surface area contributed by atoms with Gasteiger partial charge in [0.1, 0.15) is 23.6 Å². The first kappa shape index (κ1) is 17.5. The summed E-state index contributed by atoms with van der Waals surface area (Å²) in [5, 5.41) is 1.60. The van der Waals surface area contributed by atoms with Gasteiger partial charge in [0.2, 0.25) is 0 Å². The van der Waals surface area contributed by atoms with Crippen LogP contribution in [-0.4, -0.2) is 44.1 Å². The molecule has 8 nitrogen and oxygen atoms in total. The maximum atomic E-state index is 14.4. The van der Waals surface area contributed by atoms with Crippen molar-refractivity contribution in [2.24, 2.45) is 17.6 Å². The van der Waals surface area contributed by atoms with E-state index in [1.165, 1.54) is 6.33 Å². The zero-order chi connectivity index (χ0) is 20.4. The number of hydrogen-bond acceptors (Lipinski definition) is 7. The van der Waals surface area contributed by atoms with Crippen molar-refractivity contribution in [2.75, 3.05) is 18.0 Å². The fraction of sp³-hybridized carbons (Fsp3) is 0.333. The standard InChI is InChI=1S/C21H20FN7O/c1-2-10-3-11(22)4-13-16-19(26-18(10)13)27-21(30-12-5-24-9-25-6-12)28-20(16)29-7-14-15(8-29)17(14)23/h3-6,9,14-15,17H,2,7-8,23H2,1H3,(H,26,27,28). The summed E-state index contributed by atoms with van der Waals surface area (Å²) in [6.07, 6.45) is 5.25. The van der Waals surface area contributed by atoms with E-state index in [0.29, 0.717) is 29.7 Å². The van der Waals surface area contributed by atoms with Gasteiger partial charge in [0.05, 0.1) is 23.3 Å². The van der Waals surface area contributed by atoms with E-state index in [4.69, 9.17) is 15.5 Å². The Morgan fingerprint density at radius 3 is 2.70 bits per heavy atom. The number of anilines is 1. The average molecular weight is 405 g/mol. The fourth-order valence-electron chi connectivity index (χ4n) is 4.64. The van der Waals surface area contributed by atoms with E-state index in [2.05, 4.69) is 24.8 Å². The number of aromatic amines is 1. The van der Waals surface area contributed by atoms with E-state index in [1.807, 2.05) is 6.92 Å². The number of hydrogen-bond donors (Lipinski definition) is 2. The number of aryl methyl sites for hydroxylation is 1. The Hall–Kier alpha value is -3.33. The summed E-state index contributed by atoms with van der Waals surface area (Å²) in [5.74, 6) is 1.89. The number of ether oxygens (including phenoxy) is 1. The molecule has 1 aliphatic carbocycles. The van der Waals surface area contributed by atoms with Crippen molar-refractivity contribution in [3.63, 3.8) is 0 Å². The summed E-state index contributed by atoms with van der Waals surface area (Å²) in [7, 11) is 0. The highest BCUT2D eigenvalue weighted by Crippen LogP contribution is 2.47. The van der Waals surface area contributed by atoms with Crippen LogP contribution in [-0.2, 0) is 6.42 Å². The average Bonchev–Trinajstić information content (AvgIpc) is 3.11. The number of H-pyrrole nitrogens is 1. The van der Waals surface area contributed by atoms with Crippen molar-refractivity contribution >= 4 is 27.8 Å². The lowest BCUT2D eigenvalue weighted by molar-refractivity contribution is 0.439. The number of rotatable bonds is 4. The maximum absolute atomic E-state index is 14.4. The molecule has 6 rings (SSSR count). The summed E-state index contributed by atoms with van der Waals surface area (Å²) < 4.78 is 20.2. The summed E-state index contributed by atoms with van der Waals surface area (Å²) in [4.78, 5) is 22.8. The molecule has 1 aromatic carbocycles. The molecule has 0 amide bonds. The normalized spacial score (nSPS) is 22.6. The fourth-order valence-corrected chi connectivity index (χ4v) is 4.64. The van der Waals surface area contributed by atoms with Gasteiger partial charge in [-0.05, 0) is 36.0 Å². The Morgan fingerprint density at radius 2 is 1.97 bits per heavy atom. The van der Waals surface area contributed by atoms with E-state index in [0.717, 1.165) is 40.8 Å². The highest BCUT2D eigenvalue weighted by molar-refractivity contribution is 6.12. The van der Waals surface area contributed by atoms with Crippen LogP contribution in [0.25, 0.3) is 21.9 Å². The highest BCUT2D eigenvalue weighted by Gasteiger charge is 2.54. The Kier molecular flexibility index (Phi) is 3.70. The molecule has 0 spiro atoms. The van der Waals surface area contributed by atoms with Crippen LogP contribution in [0.5, 0.6) is 11.8 Å². The Balaban J connectivity index is 1.55. The topological polar surface area (TPSA) is 106 Å². The third-order valence-electron chi connectivity index (χ3n) is 6.25. The predicted molar refractivity (Wildman–Crippen MR) is 110 cm³/mol. The number of halogens is 1. The van der Waals surface area contributed by atoms with Crippen molar-refractivity contribution in [1.82, 2.24) is 24.9 Å². The Bertz CT molecular complexity index is 1260. The molecule has 1 saturated carbocycles. The lowest BCUT2D eigenvalue weighted by atomic mass is 10.1. The number of piperidine rings is 1. The molecule has 2 unspecified atom stereocenters. The van der Waals surface area contributed by atoms with Crippen molar-refractivity contribution in [1.29, 1.82) is 0 Å². The van der Waals surface area contributed by atoms with Crippen LogP contribution in [0.3, 0.4) is 0 Å². The minimum absolute atomic E-state index is 0.197. The van der Waals surface area contributed by atoms with Crippen LogP contribution in [0.2, 0.25) is 0 Å². The van der Waals surface area contributed by atoms with Gasteiger partial charge < -0.3 is 20.4 Å². The van der Waals surface area contributed by atoms with E-state index < -0.39 is 0 Å². The van der Waals surface area contributed by atoms with Crippen LogP contribution < -0.4 is 15.4 Å². The third kappa shape index (κ3) is 2.62. The molecule has 1 aliphatic heterocycles. The molecule has 3 aromatic heterocycles. The molecule has 30 heavy (non-hydrogen) atoms. The second-order valence-corrected chi connectivity index (χ2v) is 8.01. The van der Waals surface area contributed by atoms with Gasteiger partial charge in [-0.3, -0.25) is 0 Å². The van der Waals surface area contributed by atoms with Gasteiger partial charge in [0.15, 0.2) is 5.75 Å². The molecule has 2 fully saturated rings. The first-order valence-electron chi connectivity index (χ1n) is 10.1. The summed E-state index contributed by atoms with van der Waals surface area (Å²) in [5.41, 5.74) is 8.53. The van der Waals surface area contributed by atoms with Gasteiger partial charge in [-0.2, -0.15) is 9.97 Å². The predicted octanol–water partition coefficient (Wildman–Crippen LogP) is 2.79. The van der Waals surface area contributed by atoms with E-state index in [-0.39, 0.29) is 17.9 Å². The lowest BCUT2D eigenvalue weighted by Crippen LogP contribution is -2.29. The van der Waals surface area contributed by atoms with Gasteiger partial charge in [-0.1, -0.05) is 6.92 Å². The second kappa shape index (κ2) is 6.33. The van der Waals surface area contributed by atoms with Crippen LogP contribution in [0.1, 0.15) is 12.5 Å². The van der Waals surface area contributed by atoms with E-state index >= 15 is 0 Å². The van der Waals surface area contributed by atoms with Crippen molar-refractivity contribution in [3.05, 3.63) is 42.2 Å². The third-order valence-corrected chi connectivity index (χ3v) is 6.25. The summed E-state index contributed by atoms with van der Waals surface area (Å²) in [6, 6.07) is 3.58. The molecule has 0 bridgehead atoms. The molecule has 2 atom stereocenters. The number of nitrogens with one attached hydrogen (secondary N) is 1. The molecular formula is C21H20FN7O. The number of aromatic nitrogens is 5. The first-order chi connectivity index (χ1) is 14.6. The van der Waals surface area contributed by atoms with Crippen LogP contribution in [0.4, 0.5) is 10.2 Å². The largest absolute Gasteiger partial charge is 0.421 e. The maximum Gasteiger partial charge on any atom is 0.326 e. The van der Waals surface area contributed by atoms with Gasteiger partial charge >= 0.3 is 6.01 Å². The van der Waals surface area contributed by atoms with E-state index in [1.54, 1.807) is 24.5 Å². The monoisotopic (exact) mass is 405 g/mol. The number of benzene rings is 1. The van der Waals surface area contributed by atoms with Crippen molar-refractivity contribution < 1.29 is 9.13 Å². The zero-order valence-electron chi connectivity index (χ0n) is 16.3. The minimum atomic E-state index is -0.265. The molecule has 2 aliphatic rings. The van der Waals surface area contributed by atoms with Gasteiger partial charge in [-0.25, -0.2) is 14.4 Å². The molecule has 4 heterocycles. The SMILES string of the molecule is CCc1cc(F)cc2c1[nH]c1nc(Oc3cncnc3)nc(N3CC4C(N)C4C3)c12. The van der Waals surface area contributed by atoms with Crippen LogP contribution >= 0.6 is 0 Å². The quantitative estimate of drug-likeness (QED) is 0.538.